The van der Waals surface area contributed by atoms with Crippen molar-refractivity contribution in [3.63, 3.8) is 0 Å². The van der Waals surface area contributed by atoms with Crippen LogP contribution in [0.25, 0.3) is 0 Å². The van der Waals surface area contributed by atoms with E-state index < -0.39 is 29.2 Å². The molecule has 0 heterocycles. The van der Waals surface area contributed by atoms with Crippen molar-refractivity contribution in [1.82, 2.24) is 0 Å². The molecule has 0 saturated heterocycles. The average Bonchev–Trinajstić information content (AvgIpc) is 2.95. The standard InChI is InChI=1S/C31H36O7S3/c1-5-7-16-36-29(35)31(4,17-22(3)28(34)38-26-14-12-23(19-32)13-15-26)18-27(33)37-20-24-10-8-9-11-25(24)21-41-30(39)40-6-2/h5,8-15,19,22H,1,6-7,16-18,20-21H2,2-4H3. The Labute approximate surface area is 255 Å². The molecule has 0 aliphatic rings. The fourth-order valence-electron chi connectivity index (χ4n) is 3.89. The van der Waals surface area contributed by atoms with Gasteiger partial charge in [-0.1, -0.05) is 56.4 Å². The lowest BCUT2D eigenvalue weighted by atomic mass is 9.78. The number of hydrogen-bond donors (Lipinski definition) is 0. The number of rotatable bonds is 16. The van der Waals surface area contributed by atoms with E-state index in [-0.39, 0.29) is 31.8 Å². The Morgan fingerprint density at radius 2 is 1.73 bits per heavy atom. The summed E-state index contributed by atoms with van der Waals surface area (Å²) in [7, 11) is 0. The number of hydrogen-bond acceptors (Lipinski definition) is 10. The third-order valence-electron chi connectivity index (χ3n) is 6.09. The molecule has 0 aliphatic heterocycles. The summed E-state index contributed by atoms with van der Waals surface area (Å²) in [5.41, 5.74) is 0.974. The van der Waals surface area contributed by atoms with E-state index in [0.29, 0.717) is 24.0 Å². The molecule has 2 unspecified atom stereocenters. The van der Waals surface area contributed by atoms with Crippen LogP contribution in [0.5, 0.6) is 5.75 Å². The van der Waals surface area contributed by atoms with E-state index in [2.05, 4.69) is 6.58 Å². The van der Waals surface area contributed by atoms with Crippen LogP contribution >= 0.6 is 35.7 Å². The number of ether oxygens (including phenoxy) is 3. The SMILES string of the molecule is C=CCCOC(=O)C(C)(CC(=O)OCc1ccccc1CSC(=S)SCC)CC(C)C(=O)Oc1ccc(C=O)cc1. The summed E-state index contributed by atoms with van der Waals surface area (Å²) in [5, 5.41) is 0. The van der Waals surface area contributed by atoms with Crippen molar-refractivity contribution < 1.29 is 33.4 Å². The molecule has 0 radical (unpaired) electrons. The first-order valence-electron chi connectivity index (χ1n) is 13.2. The lowest BCUT2D eigenvalue weighted by molar-refractivity contribution is -0.164. The van der Waals surface area contributed by atoms with Crippen molar-refractivity contribution in [3.8, 4) is 5.75 Å². The summed E-state index contributed by atoms with van der Waals surface area (Å²) >= 11 is 8.55. The highest BCUT2D eigenvalue weighted by Crippen LogP contribution is 2.34. The van der Waals surface area contributed by atoms with Gasteiger partial charge in [0.05, 0.1) is 24.4 Å². The van der Waals surface area contributed by atoms with Crippen LogP contribution in [0, 0.1) is 11.3 Å². The number of benzene rings is 2. The second kappa shape index (κ2) is 17.8. The lowest BCUT2D eigenvalue weighted by Gasteiger charge is -2.28. The van der Waals surface area contributed by atoms with Crippen LogP contribution in [-0.2, 0) is 36.2 Å². The van der Waals surface area contributed by atoms with E-state index in [9.17, 15) is 19.2 Å². The molecule has 0 amide bonds. The Kier molecular flexibility index (Phi) is 14.8. The van der Waals surface area contributed by atoms with Crippen molar-refractivity contribution in [2.45, 2.75) is 52.4 Å². The van der Waals surface area contributed by atoms with Gasteiger partial charge < -0.3 is 14.2 Å². The summed E-state index contributed by atoms with van der Waals surface area (Å²) < 4.78 is 17.3. The zero-order chi connectivity index (χ0) is 30.3. The highest BCUT2D eigenvalue weighted by molar-refractivity contribution is 8.46. The number of carbonyl (C=O) groups is 4. The summed E-state index contributed by atoms with van der Waals surface area (Å²) in [6.45, 7) is 9.03. The maximum Gasteiger partial charge on any atom is 0.314 e. The first-order valence-corrected chi connectivity index (χ1v) is 15.6. The largest absolute Gasteiger partial charge is 0.465 e. The van der Waals surface area contributed by atoms with E-state index in [1.165, 1.54) is 24.3 Å². The minimum atomic E-state index is -1.34. The Bertz CT molecular complexity index is 1210. The normalized spacial score (nSPS) is 12.9. The number of thioether (sulfide) groups is 2. The molecule has 2 atom stereocenters. The number of aldehydes is 1. The van der Waals surface area contributed by atoms with Crippen LogP contribution in [-0.4, -0.2) is 40.1 Å². The average molecular weight is 617 g/mol. The van der Waals surface area contributed by atoms with Gasteiger partial charge in [-0.2, -0.15) is 0 Å². The molecule has 0 spiro atoms. The molecule has 41 heavy (non-hydrogen) atoms. The van der Waals surface area contributed by atoms with Crippen molar-refractivity contribution >= 4 is 63.5 Å². The van der Waals surface area contributed by atoms with Gasteiger partial charge in [-0.15, -0.1) is 30.1 Å². The van der Waals surface area contributed by atoms with Gasteiger partial charge in [0.1, 0.15) is 22.2 Å². The van der Waals surface area contributed by atoms with Crippen LogP contribution in [0.1, 0.15) is 61.5 Å². The second-order valence-corrected chi connectivity index (χ2v) is 13.0. The zero-order valence-corrected chi connectivity index (χ0v) is 26.0. The van der Waals surface area contributed by atoms with E-state index >= 15 is 0 Å². The Morgan fingerprint density at radius 3 is 2.37 bits per heavy atom. The van der Waals surface area contributed by atoms with E-state index in [1.807, 2.05) is 31.2 Å². The highest BCUT2D eigenvalue weighted by atomic mass is 32.2. The van der Waals surface area contributed by atoms with Gasteiger partial charge >= 0.3 is 17.9 Å². The van der Waals surface area contributed by atoms with Gasteiger partial charge in [-0.25, -0.2) is 0 Å². The van der Waals surface area contributed by atoms with E-state index in [4.69, 9.17) is 26.4 Å². The molecule has 0 aliphatic carbocycles. The highest BCUT2D eigenvalue weighted by Gasteiger charge is 2.41. The maximum atomic E-state index is 13.1. The molecule has 0 saturated carbocycles. The molecule has 0 aromatic heterocycles. The van der Waals surface area contributed by atoms with Crippen molar-refractivity contribution in [3.05, 3.63) is 77.9 Å². The molecule has 0 bridgehead atoms. The maximum absolute atomic E-state index is 13.1. The summed E-state index contributed by atoms with van der Waals surface area (Å²) in [4.78, 5) is 49.8. The first kappa shape index (κ1) is 34.3. The number of carbonyl (C=O) groups excluding carboxylic acids is 4. The quantitative estimate of drug-likeness (QED) is 0.0492. The molecule has 0 N–H and O–H groups in total. The molecule has 2 aromatic carbocycles. The molecule has 7 nitrogen and oxygen atoms in total. The number of esters is 3. The third kappa shape index (κ3) is 11.8. The predicted octanol–water partition coefficient (Wildman–Crippen LogP) is 6.96. The second-order valence-electron chi connectivity index (χ2n) is 9.56. The van der Waals surface area contributed by atoms with Gasteiger partial charge in [-0.3, -0.25) is 19.2 Å². The summed E-state index contributed by atoms with van der Waals surface area (Å²) in [6, 6.07) is 13.8. The van der Waals surface area contributed by atoms with Crippen molar-refractivity contribution in [2.24, 2.45) is 11.3 Å². The van der Waals surface area contributed by atoms with Gasteiger partial charge in [0.2, 0.25) is 0 Å². The number of thiocarbonyl (C=S) groups is 1. The summed E-state index contributed by atoms with van der Waals surface area (Å²) in [5.74, 6) is -0.675. The topological polar surface area (TPSA) is 96.0 Å². The van der Waals surface area contributed by atoms with Crippen LogP contribution < -0.4 is 4.74 Å². The molecule has 220 valence electrons. The Morgan fingerprint density at radius 1 is 1.05 bits per heavy atom. The van der Waals surface area contributed by atoms with Gasteiger partial charge in [0, 0.05) is 11.3 Å². The summed E-state index contributed by atoms with van der Waals surface area (Å²) in [6.07, 6.45) is 2.49. The van der Waals surface area contributed by atoms with Crippen LogP contribution in [0.15, 0.2) is 61.2 Å². The first-order chi connectivity index (χ1) is 19.6. The molecule has 0 fully saturated rings. The minimum Gasteiger partial charge on any atom is -0.465 e. The van der Waals surface area contributed by atoms with Gasteiger partial charge in [0.15, 0.2) is 0 Å². The van der Waals surface area contributed by atoms with E-state index in [0.717, 1.165) is 20.4 Å². The molecule has 2 rings (SSSR count). The fourth-order valence-corrected chi connectivity index (χ4v) is 6.07. The fraction of sp³-hybridized carbons (Fsp3) is 0.387. The van der Waals surface area contributed by atoms with Crippen LogP contribution in [0.2, 0.25) is 0 Å². The van der Waals surface area contributed by atoms with Crippen LogP contribution in [0.3, 0.4) is 0 Å². The van der Waals surface area contributed by atoms with Gasteiger partial charge in [-0.05, 0) is 60.9 Å². The minimum absolute atomic E-state index is 0.0000441. The van der Waals surface area contributed by atoms with Crippen molar-refractivity contribution in [1.29, 1.82) is 0 Å². The monoisotopic (exact) mass is 616 g/mol. The Hall–Kier alpha value is -2.95. The Balaban J connectivity index is 2.08. The predicted molar refractivity (Wildman–Crippen MR) is 168 cm³/mol. The van der Waals surface area contributed by atoms with Crippen molar-refractivity contribution in [2.75, 3.05) is 12.4 Å². The van der Waals surface area contributed by atoms with Gasteiger partial charge in [0.25, 0.3) is 0 Å². The lowest BCUT2D eigenvalue weighted by Crippen LogP contribution is -2.37. The third-order valence-corrected chi connectivity index (χ3v) is 8.72. The molecule has 2 aromatic rings. The zero-order valence-electron chi connectivity index (χ0n) is 23.6. The van der Waals surface area contributed by atoms with E-state index in [1.54, 1.807) is 43.4 Å². The molecular formula is C31H36O7S3. The molecule has 10 heteroatoms. The molecular weight excluding hydrogens is 581 g/mol. The van der Waals surface area contributed by atoms with Crippen LogP contribution in [0.4, 0.5) is 0 Å². The smallest absolute Gasteiger partial charge is 0.314 e.